The number of nitrogens with zero attached hydrogens (tertiary/aromatic N) is 1. The van der Waals surface area contributed by atoms with Crippen LogP contribution in [0, 0.1) is 5.92 Å². The van der Waals surface area contributed by atoms with Crippen LogP contribution in [0.25, 0.3) is 0 Å². The van der Waals surface area contributed by atoms with E-state index in [4.69, 9.17) is 9.47 Å². The third kappa shape index (κ3) is 4.11. The summed E-state index contributed by atoms with van der Waals surface area (Å²) in [6.07, 6.45) is 0. The molecule has 0 aliphatic carbocycles. The van der Waals surface area contributed by atoms with Gasteiger partial charge in [-0.15, -0.1) is 0 Å². The molecule has 0 N–H and O–H groups in total. The predicted octanol–water partition coefficient (Wildman–Crippen LogP) is 2.27. The molecule has 1 atom stereocenters. The van der Waals surface area contributed by atoms with E-state index in [0.717, 1.165) is 18.0 Å². The molecule has 0 spiro atoms. The summed E-state index contributed by atoms with van der Waals surface area (Å²) in [5.74, 6) is 2.11. The van der Waals surface area contributed by atoms with E-state index in [1.807, 2.05) is 24.3 Å². The highest BCUT2D eigenvalue weighted by Crippen LogP contribution is 2.26. The van der Waals surface area contributed by atoms with Crippen LogP contribution < -0.4 is 9.47 Å². The van der Waals surface area contributed by atoms with Crippen LogP contribution in [0.3, 0.4) is 0 Å². The van der Waals surface area contributed by atoms with Crippen LogP contribution in [0.15, 0.2) is 24.3 Å². The minimum Gasteiger partial charge on any atom is -0.493 e. The van der Waals surface area contributed by atoms with Gasteiger partial charge in [0.2, 0.25) is 0 Å². The van der Waals surface area contributed by atoms with Crippen molar-refractivity contribution in [3.8, 4) is 11.5 Å². The topological polar surface area (TPSA) is 21.7 Å². The maximum Gasteiger partial charge on any atom is 0.161 e. The van der Waals surface area contributed by atoms with Crippen molar-refractivity contribution in [2.24, 2.45) is 5.92 Å². The second-order valence-corrected chi connectivity index (χ2v) is 4.33. The molecule has 0 heterocycles. The predicted molar refractivity (Wildman–Crippen MR) is 66.2 cm³/mol. The standard InChI is InChI=1S/C13H21NO2/c1-11(9-14(2)3)10-16-13-8-6-5-7-12(13)15-4/h5-8,11H,9-10H2,1-4H3/t11-/m0/s1. The Morgan fingerprint density at radius 1 is 1.19 bits per heavy atom. The van der Waals surface area contributed by atoms with Crippen molar-refractivity contribution in [3.63, 3.8) is 0 Å². The Labute approximate surface area is 98.0 Å². The highest BCUT2D eigenvalue weighted by molar-refractivity contribution is 5.39. The molecule has 0 amide bonds. The van der Waals surface area contributed by atoms with Crippen LogP contribution in [0.1, 0.15) is 6.92 Å². The van der Waals surface area contributed by atoms with E-state index in [0.29, 0.717) is 12.5 Å². The van der Waals surface area contributed by atoms with E-state index in [2.05, 4.69) is 25.9 Å². The van der Waals surface area contributed by atoms with E-state index in [1.165, 1.54) is 0 Å². The molecule has 0 unspecified atom stereocenters. The maximum atomic E-state index is 5.74. The summed E-state index contributed by atoms with van der Waals surface area (Å²) < 4.78 is 11.0. The lowest BCUT2D eigenvalue weighted by molar-refractivity contribution is 0.215. The van der Waals surface area contributed by atoms with Crippen LogP contribution in [0.4, 0.5) is 0 Å². The van der Waals surface area contributed by atoms with Crippen molar-refractivity contribution in [2.75, 3.05) is 34.4 Å². The summed E-state index contributed by atoms with van der Waals surface area (Å²) >= 11 is 0. The largest absolute Gasteiger partial charge is 0.493 e. The first-order valence-electron chi connectivity index (χ1n) is 5.54. The summed E-state index contributed by atoms with van der Waals surface area (Å²) in [4.78, 5) is 2.16. The third-order valence-corrected chi connectivity index (χ3v) is 2.27. The number of methoxy groups -OCH3 is 1. The van der Waals surface area contributed by atoms with E-state index >= 15 is 0 Å². The van der Waals surface area contributed by atoms with Crippen LogP contribution in [-0.4, -0.2) is 39.3 Å². The molecule has 0 aliphatic heterocycles. The minimum atomic E-state index is 0.500. The summed E-state index contributed by atoms with van der Waals surface area (Å²) in [6, 6.07) is 7.73. The fourth-order valence-electron chi connectivity index (χ4n) is 1.65. The molecule has 0 fully saturated rings. The van der Waals surface area contributed by atoms with E-state index in [-0.39, 0.29) is 0 Å². The SMILES string of the molecule is COc1ccccc1OC[C@@H](C)CN(C)C. The lowest BCUT2D eigenvalue weighted by atomic mass is 10.2. The summed E-state index contributed by atoms with van der Waals surface area (Å²) in [5, 5.41) is 0. The maximum absolute atomic E-state index is 5.74. The minimum absolute atomic E-state index is 0.500. The molecule has 90 valence electrons. The van der Waals surface area contributed by atoms with E-state index in [9.17, 15) is 0 Å². The molecular weight excluding hydrogens is 202 g/mol. The molecule has 16 heavy (non-hydrogen) atoms. The molecule has 1 aromatic carbocycles. The number of rotatable bonds is 6. The van der Waals surface area contributed by atoms with Gasteiger partial charge in [-0.3, -0.25) is 0 Å². The third-order valence-electron chi connectivity index (χ3n) is 2.27. The highest BCUT2D eigenvalue weighted by Gasteiger charge is 2.07. The number of benzene rings is 1. The van der Waals surface area contributed by atoms with Gasteiger partial charge in [-0.25, -0.2) is 0 Å². The zero-order valence-corrected chi connectivity index (χ0v) is 10.6. The molecular formula is C13H21NO2. The first kappa shape index (κ1) is 12.8. The lowest BCUT2D eigenvalue weighted by Crippen LogP contribution is -2.24. The van der Waals surface area contributed by atoms with Crippen molar-refractivity contribution >= 4 is 0 Å². The van der Waals surface area contributed by atoms with E-state index in [1.54, 1.807) is 7.11 Å². The van der Waals surface area contributed by atoms with Gasteiger partial charge in [0.25, 0.3) is 0 Å². The molecule has 0 radical (unpaired) electrons. The molecule has 0 saturated carbocycles. The molecule has 0 bridgehead atoms. The second kappa shape index (κ2) is 6.38. The Hall–Kier alpha value is -1.22. The Balaban J connectivity index is 2.47. The average Bonchev–Trinajstić information content (AvgIpc) is 2.26. The van der Waals surface area contributed by atoms with Crippen LogP contribution in [0.5, 0.6) is 11.5 Å². The van der Waals surface area contributed by atoms with Crippen LogP contribution in [-0.2, 0) is 0 Å². The van der Waals surface area contributed by atoms with Crippen LogP contribution in [0.2, 0.25) is 0 Å². The monoisotopic (exact) mass is 223 g/mol. The molecule has 1 aromatic rings. The smallest absolute Gasteiger partial charge is 0.161 e. The van der Waals surface area contributed by atoms with Gasteiger partial charge in [0.15, 0.2) is 11.5 Å². The molecule has 3 nitrogen and oxygen atoms in total. The number of hydrogen-bond donors (Lipinski definition) is 0. The van der Waals surface area contributed by atoms with Gasteiger partial charge in [0.05, 0.1) is 13.7 Å². The van der Waals surface area contributed by atoms with Gasteiger partial charge in [-0.05, 0) is 26.2 Å². The lowest BCUT2D eigenvalue weighted by Gasteiger charge is -2.18. The number of ether oxygens (including phenoxy) is 2. The molecule has 0 aliphatic rings. The van der Waals surface area contributed by atoms with Gasteiger partial charge in [0.1, 0.15) is 0 Å². The zero-order valence-electron chi connectivity index (χ0n) is 10.6. The van der Waals surface area contributed by atoms with Crippen molar-refractivity contribution in [1.82, 2.24) is 4.90 Å². The Bertz CT molecular complexity index is 313. The zero-order chi connectivity index (χ0) is 12.0. The summed E-state index contributed by atoms with van der Waals surface area (Å²) in [5.41, 5.74) is 0. The Kier molecular flexibility index (Phi) is 5.12. The highest BCUT2D eigenvalue weighted by atomic mass is 16.5. The molecule has 3 heteroatoms. The number of hydrogen-bond acceptors (Lipinski definition) is 3. The van der Waals surface area contributed by atoms with E-state index < -0.39 is 0 Å². The van der Waals surface area contributed by atoms with Gasteiger partial charge in [0, 0.05) is 12.5 Å². The summed E-state index contributed by atoms with van der Waals surface area (Å²) in [7, 11) is 5.80. The van der Waals surface area contributed by atoms with Crippen molar-refractivity contribution < 1.29 is 9.47 Å². The van der Waals surface area contributed by atoms with Gasteiger partial charge in [-0.1, -0.05) is 19.1 Å². The van der Waals surface area contributed by atoms with Gasteiger partial charge in [-0.2, -0.15) is 0 Å². The van der Waals surface area contributed by atoms with Crippen molar-refractivity contribution in [1.29, 1.82) is 0 Å². The normalized spacial score (nSPS) is 12.6. The van der Waals surface area contributed by atoms with Crippen LogP contribution >= 0.6 is 0 Å². The Morgan fingerprint density at radius 2 is 1.81 bits per heavy atom. The Morgan fingerprint density at radius 3 is 2.38 bits per heavy atom. The first-order chi connectivity index (χ1) is 7.63. The second-order valence-electron chi connectivity index (χ2n) is 4.33. The van der Waals surface area contributed by atoms with Crippen molar-refractivity contribution in [2.45, 2.75) is 6.92 Å². The fraction of sp³-hybridized carbons (Fsp3) is 0.538. The molecule has 0 aromatic heterocycles. The first-order valence-corrected chi connectivity index (χ1v) is 5.54. The molecule has 1 rings (SSSR count). The summed E-state index contributed by atoms with van der Waals surface area (Å²) in [6.45, 7) is 3.91. The van der Waals surface area contributed by atoms with Gasteiger partial charge < -0.3 is 14.4 Å². The fourth-order valence-corrected chi connectivity index (χ4v) is 1.65. The molecule has 0 saturated heterocycles. The van der Waals surface area contributed by atoms with Gasteiger partial charge >= 0.3 is 0 Å². The number of para-hydroxylation sites is 2. The quantitative estimate of drug-likeness (QED) is 0.738. The van der Waals surface area contributed by atoms with Crippen molar-refractivity contribution in [3.05, 3.63) is 24.3 Å². The average molecular weight is 223 g/mol.